The zero-order valence-electron chi connectivity index (χ0n) is 11.9. The molecule has 0 bridgehead atoms. The fourth-order valence-electron chi connectivity index (χ4n) is 1.91. The smallest absolute Gasteiger partial charge is 0.337 e. The van der Waals surface area contributed by atoms with Gasteiger partial charge in [-0.05, 0) is 36.0 Å². The van der Waals surface area contributed by atoms with E-state index < -0.39 is 5.97 Å². The lowest BCUT2D eigenvalue weighted by molar-refractivity contribution is -0.119. The van der Waals surface area contributed by atoms with Crippen LogP contribution < -0.4 is 10.6 Å². The highest BCUT2D eigenvalue weighted by Gasteiger charge is 2.13. The van der Waals surface area contributed by atoms with Gasteiger partial charge in [-0.15, -0.1) is 0 Å². The van der Waals surface area contributed by atoms with E-state index in [4.69, 9.17) is 12.2 Å². The third-order valence-electron chi connectivity index (χ3n) is 2.92. The van der Waals surface area contributed by atoms with Crippen LogP contribution in [0, 0.1) is 0 Å². The number of carboxylic acid groups (broad SMARTS) is 1. The van der Waals surface area contributed by atoms with E-state index in [0.29, 0.717) is 10.2 Å². The number of halogens is 1. The fraction of sp³-hybridized carbons (Fsp3) is 0.0625. The number of nitrogens with one attached hydrogen (secondary N) is 2. The van der Waals surface area contributed by atoms with Crippen molar-refractivity contribution in [3.63, 3.8) is 0 Å². The number of benzene rings is 2. The molecule has 1 amide bonds. The third-order valence-corrected chi connectivity index (χ3v) is 3.62. The average Bonchev–Trinajstić information content (AvgIpc) is 2.49. The molecule has 0 atom stereocenters. The topological polar surface area (TPSA) is 78.4 Å². The quantitative estimate of drug-likeness (QED) is 0.696. The fourth-order valence-corrected chi connectivity index (χ4v) is 2.49. The van der Waals surface area contributed by atoms with Crippen molar-refractivity contribution in [2.24, 2.45) is 0 Å². The molecule has 0 saturated carbocycles. The van der Waals surface area contributed by atoms with E-state index in [0.717, 1.165) is 5.56 Å². The molecule has 0 aromatic heterocycles. The van der Waals surface area contributed by atoms with Crippen LogP contribution in [0.1, 0.15) is 15.9 Å². The number of hydrogen-bond donors (Lipinski definition) is 3. The van der Waals surface area contributed by atoms with Crippen LogP contribution in [0.3, 0.4) is 0 Å². The number of anilines is 1. The van der Waals surface area contributed by atoms with Crippen molar-refractivity contribution in [3.8, 4) is 0 Å². The second-order valence-corrected chi connectivity index (χ2v) is 5.98. The van der Waals surface area contributed by atoms with Crippen molar-refractivity contribution in [2.75, 3.05) is 5.32 Å². The molecule has 0 aliphatic carbocycles. The average molecular weight is 393 g/mol. The highest BCUT2D eigenvalue weighted by Crippen LogP contribution is 2.21. The summed E-state index contributed by atoms with van der Waals surface area (Å²) in [5.74, 6) is -1.37. The molecule has 2 aromatic rings. The Bertz CT molecular complexity index is 750. The molecule has 7 heteroatoms. The molecule has 0 heterocycles. The van der Waals surface area contributed by atoms with Gasteiger partial charge in [-0.1, -0.05) is 46.3 Å². The van der Waals surface area contributed by atoms with Crippen LogP contribution >= 0.6 is 28.1 Å². The molecule has 0 aliphatic rings. The largest absolute Gasteiger partial charge is 0.478 e. The summed E-state index contributed by atoms with van der Waals surface area (Å²) in [6.45, 7) is 0. The van der Waals surface area contributed by atoms with Crippen molar-refractivity contribution in [1.82, 2.24) is 5.32 Å². The van der Waals surface area contributed by atoms with E-state index in [1.54, 1.807) is 12.1 Å². The van der Waals surface area contributed by atoms with Gasteiger partial charge in [0.2, 0.25) is 5.91 Å². The first-order valence-corrected chi connectivity index (χ1v) is 7.83. The van der Waals surface area contributed by atoms with Gasteiger partial charge in [0.1, 0.15) is 0 Å². The van der Waals surface area contributed by atoms with E-state index in [2.05, 4.69) is 26.6 Å². The van der Waals surface area contributed by atoms with Crippen LogP contribution in [0.4, 0.5) is 5.69 Å². The summed E-state index contributed by atoms with van der Waals surface area (Å²) in [5.41, 5.74) is 1.23. The van der Waals surface area contributed by atoms with Crippen molar-refractivity contribution >= 4 is 50.8 Å². The maximum Gasteiger partial charge on any atom is 0.337 e. The van der Waals surface area contributed by atoms with Crippen LogP contribution in [0.5, 0.6) is 0 Å². The maximum atomic E-state index is 11.9. The Morgan fingerprint density at radius 3 is 2.48 bits per heavy atom. The van der Waals surface area contributed by atoms with Gasteiger partial charge in [0.05, 0.1) is 17.7 Å². The lowest BCUT2D eigenvalue weighted by Gasteiger charge is -2.12. The monoisotopic (exact) mass is 392 g/mol. The second-order valence-electron chi connectivity index (χ2n) is 4.66. The number of carbonyl (C=O) groups is 2. The molecule has 2 aromatic carbocycles. The number of thiocarbonyl (C=S) groups is 1. The maximum absolute atomic E-state index is 11.9. The Morgan fingerprint density at radius 1 is 1.13 bits per heavy atom. The van der Waals surface area contributed by atoms with E-state index in [-0.39, 0.29) is 23.0 Å². The Labute approximate surface area is 146 Å². The highest BCUT2D eigenvalue weighted by atomic mass is 79.9. The molecule has 0 unspecified atom stereocenters. The lowest BCUT2D eigenvalue weighted by Crippen LogP contribution is -2.35. The van der Waals surface area contributed by atoms with E-state index >= 15 is 0 Å². The van der Waals surface area contributed by atoms with Crippen LogP contribution in [0.15, 0.2) is 53.0 Å². The number of carbonyl (C=O) groups excluding carboxylic acids is 1. The number of aromatic carboxylic acids is 1. The standard InChI is InChI=1S/C16H13BrN2O3S/c17-11-6-7-13(12(9-11)15(21)22)18-16(23)19-14(20)8-10-4-2-1-3-5-10/h1-7,9H,8H2,(H,21,22)(H2,18,19,20,23). The third kappa shape index (κ3) is 5.15. The Kier molecular flexibility index (Phi) is 5.84. The molecule has 5 nitrogen and oxygen atoms in total. The van der Waals surface area contributed by atoms with Gasteiger partial charge in [0, 0.05) is 4.47 Å². The van der Waals surface area contributed by atoms with Crippen LogP contribution in [-0.2, 0) is 11.2 Å². The van der Waals surface area contributed by atoms with Crippen LogP contribution in [0.25, 0.3) is 0 Å². The molecule has 0 aliphatic heterocycles. The van der Waals surface area contributed by atoms with E-state index in [9.17, 15) is 14.7 Å². The molecule has 3 N–H and O–H groups in total. The van der Waals surface area contributed by atoms with Crippen molar-refractivity contribution in [3.05, 3.63) is 64.1 Å². The molecule has 0 saturated heterocycles. The molecular formula is C16H13BrN2O3S. The zero-order valence-corrected chi connectivity index (χ0v) is 14.3. The summed E-state index contributed by atoms with van der Waals surface area (Å²) in [6, 6.07) is 14.0. The molecule has 0 spiro atoms. The molecule has 2 rings (SSSR count). The molecule has 118 valence electrons. The number of hydrogen-bond acceptors (Lipinski definition) is 3. The van der Waals surface area contributed by atoms with E-state index in [1.807, 2.05) is 30.3 Å². The normalized spacial score (nSPS) is 9.96. The molecular weight excluding hydrogens is 380 g/mol. The summed E-state index contributed by atoms with van der Waals surface area (Å²) < 4.78 is 0.638. The SMILES string of the molecule is O=C(Cc1ccccc1)NC(=S)Nc1ccc(Br)cc1C(=O)O. The van der Waals surface area contributed by atoms with Gasteiger partial charge in [0.25, 0.3) is 0 Å². The zero-order chi connectivity index (χ0) is 16.8. The second kappa shape index (κ2) is 7.85. The minimum absolute atomic E-state index is 0.0516. The highest BCUT2D eigenvalue weighted by molar-refractivity contribution is 9.10. The van der Waals surface area contributed by atoms with Crippen molar-refractivity contribution in [2.45, 2.75) is 6.42 Å². The van der Waals surface area contributed by atoms with Gasteiger partial charge in [-0.2, -0.15) is 0 Å². The van der Waals surface area contributed by atoms with E-state index in [1.165, 1.54) is 6.07 Å². The van der Waals surface area contributed by atoms with Gasteiger partial charge in [-0.25, -0.2) is 4.79 Å². The Balaban J connectivity index is 2.00. The molecule has 0 radical (unpaired) electrons. The number of rotatable bonds is 4. The minimum Gasteiger partial charge on any atom is -0.478 e. The summed E-state index contributed by atoms with van der Waals surface area (Å²) in [4.78, 5) is 23.2. The summed E-state index contributed by atoms with van der Waals surface area (Å²) in [6.07, 6.45) is 0.189. The predicted molar refractivity (Wildman–Crippen MR) is 95.6 cm³/mol. The van der Waals surface area contributed by atoms with Crippen LogP contribution in [0.2, 0.25) is 0 Å². The molecule has 23 heavy (non-hydrogen) atoms. The minimum atomic E-state index is -1.09. The predicted octanol–water partition coefficient (Wildman–Crippen LogP) is 3.20. The summed E-state index contributed by atoms with van der Waals surface area (Å²) in [5, 5.41) is 14.5. The number of amides is 1. The van der Waals surface area contributed by atoms with Gasteiger partial charge < -0.3 is 15.7 Å². The first kappa shape index (κ1) is 17.1. The van der Waals surface area contributed by atoms with Crippen LogP contribution in [-0.4, -0.2) is 22.1 Å². The number of carboxylic acids is 1. The first-order chi connectivity index (χ1) is 11.0. The summed E-state index contributed by atoms with van der Waals surface area (Å²) in [7, 11) is 0. The van der Waals surface area contributed by atoms with Gasteiger partial charge in [0.15, 0.2) is 5.11 Å². The first-order valence-electron chi connectivity index (χ1n) is 6.63. The Hall–Kier alpha value is -2.25. The van der Waals surface area contributed by atoms with Gasteiger partial charge >= 0.3 is 5.97 Å². The Morgan fingerprint density at radius 2 is 1.83 bits per heavy atom. The molecule has 0 fully saturated rings. The van der Waals surface area contributed by atoms with Gasteiger partial charge in [-0.3, -0.25) is 4.79 Å². The summed E-state index contributed by atoms with van der Waals surface area (Å²) >= 11 is 8.27. The van der Waals surface area contributed by atoms with Crippen molar-refractivity contribution in [1.29, 1.82) is 0 Å². The van der Waals surface area contributed by atoms with Crippen molar-refractivity contribution < 1.29 is 14.7 Å². The lowest BCUT2D eigenvalue weighted by atomic mass is 10.1.